The van der Waals surface area contributed by atoms with Crippen LogP contribution in [0.25, 0.3) is 11.3 Å². The zero-order valence-corrected chi connectivity index (χ0v) is 15.3. The van der Waals surface area contributed by atoms with Gasteiger partial charge in [-0.3, -0.25) is 19.6 Å². The van der Waals surface area contributed by atoms with Gasteiger partial charge in [0.1, 0.15) is 0 Å². The summed E-state index contributed by atoms with van der Waals surface area (Å²) in [5, 5.41) is 10.0. The number of aromatic nitrogens is 2. The molecule has 0 aliphatic heterocycles. The van der Waals surface area contributed by atoms with Crippen molar-refractivity contribution in [1.29, 1.82) is 0 Å². The molecule has 0 aliphatic rings. The molecule has 0 aliphatic carbocycles. The first-order chi connectivity index (χ1) is 11.8. The summed E-state index contributed by atoms with van der Waals surface area (Å²) >= 11 is 0. The van der Waals surface area contributed by atoms with Crippen LogP contribution >= 0.6 is 0 Å². The van der Waals surface area contributed by atoms with Gasteiger partial charge in [0, 0.05) is 31.5 Å². The highest BCUT2D eigenvalue weighted by Gasteiger charge is 2.20. The number of carbonyl (C=O) groups is 2. The third-order valence-corrected chi connectivity index (χ3v) is 3.90. The number of hydrogen-bond donors (Lipinski definition) is 2. The fourth-order valence-corrected chi connectivity index (χ4v) is 2.25. The minimum Gasteiger partial charge on any atom is -0.356 e. The van der Waals surface area contributed by atoms with Crippen LogP contribution in [-0.4, -0.2) is 35.6 Å². The molecule has 0 radical (unpaired) electrons. The highest BCUT2D eigenvalue weighted by atomic mass is 16.2. The van der Waals surface area contributed by atoms with Crippen LogP contribution < -0.4 is 10.2 Å². The Morgan fingerprint density at radius 3 is 2.52 bits per heavy atom. The lowest BCUT2D eigenvalue weighted by Gasteiger charge is -2.18. The molecule has 0 bridgehead atoms. The van der Waals surface area contributed by atoms with E-state index in [0.717, 1.165) is 11.3 Å². The van der Waals surface area contributed by atoms with Crippen molar-refractivity contribution in [2.75, 3.05) is 18.5 Å². The number of rotatable bonds is 6. The van der Waals surface area contributed by atoms with E-state index in [9.17, 15) is 9.59 Å². The number of aromatic amines is 1. The zero-order valence-electron chi connectivity index (χ0n) is 15.3. The van der Waals surface area contributed by atoms with Gasteiger partial charge in [-0.2, -0.15) is 5.10 Å². The lowest BCUT2D eigenvalue weighted by Crippen LogP contribution is -2.36. The molecule has 134 valence electrons. The molecule has 25 heavy (non-hydrogen) atoms. The van der Waals surface area contributed by atoms with Crippen LogP contribution in [0.2, 0.25) is 0 Å². The molecule has 0 saturated heterocycles. The Balaban J connectivity index is 1.84. The number of nitrogens with one attached hydrogen (secondary N) is 2. The van der Waals surface area contributed by atoms with Crippen molar-refractivity contribution in [1.82, 2.24) is 15.5 Å². The monoisotopic (exact) mass is 342 g/mol. The molecular formula is C19H26N4O2. The molecule has 1 heterocycles. The predicted molar refractivity (Wildman–Crippen MR) is 99.1 cm³/mol. The summed E-state index contributed by atoms with van der Waals surface area (Å²) < 4.78 is 0. The zero-order chi connectivity index (χ0) is 18.4. The molecule has 6 heteroatoms. The molecule has 2 rings (SSSR count). The topological polar surface area (TPSA) is 78.1 Å². The Morgan fingerprint density at radius 1 is 1.20 bits per heavy atom. The molecule has 2 aromatic rings. The van der Waals surface area contributed by atoms with E-state index < -0.39 is 5.41 Å². The molecular weight excluding hydrogens is 316 g/mol. The predicted octanol–water partition coefficient (Wildman–Crippen LogP) is 2.98. The number of benzene rings is 1. The van der Waals surface area contributed by atoms with Crippen LogP contribution in [0.5, 0.6) is 0 Å². The van der Waals surface area contributed by atoms with Crippen molar-refractivity contribution in [3.8, 4) is 11.3 Å². The van der Waals surface area contributed by atoms with Crippen LogP contribution in [-0.2, 0) is 9.59 Å². The van der Waals surface area contributed by atoms with Gasteiger partial charge in [-0.25, -0.2) is 0 Å². The summed E-state index contributed by atoms with van der Waals surface area (Å²) in [5.41, 5.74) is 1.48. The Labute approximate surface area is 148 Å². The van der Waals surface area contributed by atoms with E-state index in [1.807, 2.05) is 57.2 Å². The van der Waals surface area contributed by atoms with Gasteiger partial charge in [0.15, 0.2) is 5.82 Å². The second-order valence-corrected chi connectivity index (χ2v) is 7.07. The van der Waals surface area contributed by atoms with Gasteiger partial charge in [0.2, 0.25) is 11.8 Å². The summed E-state index contributed by atoms with van der Waals surface area (Å²) in [6.45, 7) is 6.08. The van der Waals surface area contributed by atoms with E-state index in [0.29, 0.717) is 25.2 Å². The fraction of sp³-hybridized carbons (Fsp3) is 0.421. The van der Waals surface area contributed by atoms with Crippen LogP contribution in [0.3, 0.4) is 0 Å². The van der Waals surface area contributed by atoms with Gasteiger partial charge in [0.25, 0.3) is 0 Å². The molecule has 2 N–H and O–H groups in total. The average Bonchev–Trinajstić information content (AvgIpc) is 3.07. The molecule has 1 aromatic carbocycles. The number of nitrogens with zero attached hydrogens (tertiary/aromatic N) is 2. The number of amides is 2. The largest absolute Gasteiger partial charge is 0.356 e. The van der Waals surface area contributed by atoms with Crippen LogP contribution in [0.4, 0.5) is 5.82 Å². The Hall–Kier alpha value is -2.63. The van der Waals surface area contributed by atoms with Crippen molar-refractivity contribution in [2.24, 2.45) is 5.41 Å². The van der Waals surface area contributed by atoms with Gasteiger partial charge in [-0.1, -0.05) is 51.1 Å². The smallest absolute Gasteiger partial charge is 0.227 e. The molecule has 0 saturated carbocycles. The van der Waals surface area contributed by atoms with E-state index in [-0.39, 0.29) is 11.8 Å². The van der Waals surface area contributed by atoms with Crippen molar-refractivity contribution >= 4 is 17.6 Å². The molecule has 6 nitrogen and oxygen atoms in total. The quantitative estimate of drug-likeness (QED) is 0.792. The summed E-state index contributed by atoms with van der Waals surface area (Å²) in [7, 11) is 1.71. The minimum absolute atomic E-state index is 0.00638. The maximum absolute atomic E-state index is 12.3. The van der Waals surface area contributed by atoms with Gasteiger partial charge in [0.05, 0.1) is 5.69 Å². The van der Waals surface area contributed by atoms with Crippen LogP contribution in [0.15, 0.2) is 36.4 Å². The number of hydrogen-bond acceptors (Lipinski definition) is 3. The van der Waals surface area contributed by atoms with Gasteiger partial charge < -0.3 is 5.32 Å². The van der Waals surface area contributed by atoms with Crippen molar-refractivity contribution in [2.45, 2.75) is 33.6 Å². The van der Waals surface area contributed by atoms with Gasteiger partial charge >= 0.3 is 0 Å². The highest BCUT2D eigenvalue weighted by Crippen LogP contribution is 2.21. The lowest BCUT2D eigenvalue weighted by atomic mass is 9.96. The maximum atomic E-state index is 12.3. The van der Waals surface area contributed by atoms with Gasteiger partial charge in [-0.15, -0.1) is 0 Å². The van der Waals surface area contributed by atoms with E-state index in [1.165, 1.54) is 4.90 Å². The summed E-state index contributed by atoms with van der Waals surface area (Å²) in [5.74, 6) is 0.548. The van der Waals surface area contributed by atoms with E-state index >= 15 is 0 Å². The molecule has 0 unspecified atom stereocenters. The van der Waals surface area contributed by atoms with E-state index in [1.54, 1.807) is 7.05 Å². The first-order valence-corrected chi connectivity index (χ1v) is 8.45. The summed E-state index contributed by atoms with van der Waals surface area (Å²) in [6, 6.07) is 11.7. The number of H-pyrrole nitrogens is 1. The highest BCUT2D eigenvalue weighted by molar-refractivity contribution is 5.92. The molecule has 0 atom stereocenters. The second kappa shape index (κ2) is 7.96. The molecule has 2 amide bonds. The SMILES string of the molecule is CN(C(=O)CCCNC(=O)C(C)(C)C)c1cc(-c2ccccc2)[nH]n1. The summed E-state index contributed by atoms with van der Waals surface area (Å²) in [6.07, 6.45) is 0.954. The first kappa shape index (κ1) is 18.7. The first-order valence-electron chi connectivity index (χ1n) is 8.45. The fourth-order valence-electron chi connectivity index (χ4n) is 2.25. The van der Waals surface area contributed by atoms with Crippen LogP contribution in [0.1, 0.15) is 33.6 Å². The van der Waals surface area contributed by atoms with Gasteiger partial charge in [-0.05, 0) is 12.0 Å². The normalized spacial score (nSPS) is 11.2. The maximum Gasteiger partial charge on any atom is 0.227 e. The minimum atomic E-state index is -0.413. The molecule has 0 spiro atoms. The third kappa shape index (κ3) is 5.17. The van der Waals surface area contributed by atoms with Crippen molar-refractivity contribution in [3.05, 3.63) is 36.4 Å². The Morgan fingerprint density at radius 2 is 1.88 bits per heavy atom. The summed E-state index contributed by atoms with van der Waals surface area (Å²) in [4.78, 5) is 25.6. The Bertz CT molecular complexity index is 717. The standard InChI is InChI=1S/C19H26N4O2/c1-19(2,3)18(25)20-12-8-11-17(24)23(4)16-13-15(21-22-16)14-9-6-5-7-10-14/h5-7,9-10,13H,8,11-12H2,1-4H3,(H,20,25)(H,21,22). The van der Waals surface area contributed by atoms with E-state index in [2.05, 4.69) is 15.5 Å². The van der Waals surface area contributed by atoms with Crippen molar-refractivity contribution in [3.63, 3.8) is 0 Å². The third-order valence-electron chi connectivity index (χ3n) is 3.90. The van der Waals surface area contributed by atoms with Crippen LogP contribution in [0, 0.1) is 5.41 Å². The molecule has 0 fully saturated rings. The van der Waals surface area contributed by atoms with E-state index in [4.69, 9.17) is 0 Å². The van der Waals surface area contributed by atoms with Crippen molar-refractivity contribution < 1.29 is 9.59 Å². The second-order valence-electron chi connectivity index (χ2n) is 7.07. The average molecular weight is 342 g/mol. The Kier molecular flexibility index (Phi) is 5.96. The number of anilines is 1. The number of carbonyl (C=O) groups excluding carboxylic acids is 2. The lowest BCUT2D eigenvalue weighted by molar-refractivity contribution is -0.128. The molecule has 1 aromatic heterocycles.